The van der Waals surface area contributed by atoms with Crippen LogP contribution in [0, 0.1) is 0 Å². The second-order valence-electron chi connectivity index (χ2n) is 2.93. The lowest BCUT2D eigenvalue weighted by atomic mass is 10.0. The first-order chi connectivity index (χ1) is 4.70. The number of β-amino-alcohol motifs (C(OH)–C–C–N with tert-alkyl or cyclic N) is 1. The summed E-state index contributed by atoms with van der Waals surface area (Å²) in [5, 5.41) is 9.64. The molecule has 0 saturated carbocycles. The van der Waals surface area contributed by atoms with Gasteiger partial charge in [-0.25, -0.2) is 0 Å². The van der Waals surface area contributed by atoms with Crippen molar-refractivity contribution in [3.63, 3.8) is 0 Å². The highest BCUT2D eigenvalue weighted by molar-refractivity contribution is 5.02. The molecule has 1 N–H and O–H groups in total. The third-order valence-electron chi connectivity index (χ3n) is 2.19. The first-order valence-corrected chi connectivity index (χ1v) is 3.78. The molecule has 1 fully saturated rings. The van der Waals surface area contributed by atoms with Gasteiger partial charge in [0, 0.05) is 13.1 Å². The van der Waals surface area contributed by atoms with Crippen LogP contribution in [-0.2, 0) is 0 Å². The number of hydrogen-bond acceptors (Lipinski definition) is 2. The molecule has 0 radical (unpaired) electrons. The third kappa shape index (κ3) is 1.39. The minimum Gasteiger partial charge on any atom is -0.384 e. The average molecular weight is 141 g/mol. The zero-order chi connectivity index (χ0) is 7.61. The largest absolute Gasteiger partial charge is 0.384 e. The monoisotopic (exact) mass is 141 g/mol. The van der Waals surface area contributed by atoms with Crippen molar-refractivity contribution in [2.24, 2.45) is 0 Å². The highest BCUT2D eigenvalue weighted by atomic mass is 16.3. The molecular formula is C8H15NO. The van der Waals surface area contributed by atoms with Crippen LogP contribution < -0.4 is 0 Å². The summed E-state index contributed by atoms with van der Waals surface area (Å²) in [6, 6.07) is 0. The van der Waals surface area contributed by atoms with Gasteiger partial charge in [0.05, 0.1) is 5.60 Å². The maximum absolute atomic E-state index is 9.64. The van der Waals surface area contributed by atoms with Crippen molar-refractivity contribution >= 4 is 0 Å². The van der Waals surface area contributed by atoms with E-state index in [-0.39, 0.29) is 0 Å². The second-order valence-corrected chi connectivity index (χ2v) is 2.93. The summed E-state index contributed by atoms with van der Waals surface area (Å²) in [5.41, 5.74) is -0.601. The zero-order valence-electron chi connectivity index (χ0n) is 6.51. The van der Waals surface area contributed by atoms with Crippen LogP contribution in [0.4, 0.5) is 0 Å². The van der Waals surface area contributed by atoms with Crippen molar-refractivity contribution in [1.29, 1.82) is 0 Å². The zero-order valence-corrected chi connectivity index (χ0v) is 6.51. The van der Waals surface area contributed by atoms with E-state index in [4.69, 9.17) is 0 Å². The number of nitrogens with zero attached hydrogens (tertiary/aromatic N) is 1. The third-order valence-corrected chi connectivity index (χ3v) is 2.19. The lowest BCUT2D eigenvalue weighted by molar-refractivity contribution is 0.0997. The van der Waals surface area contributed by atoms with Crippen LogP contribution in [0.25, 0.3) is 0 Å². The predicted molar refractivity (Wildman–Crippen MR) is 41.9 cm³/mol. The lowest BCUT2D eigenvalue weighted by Crippen LogP contribution is -2.30. The number of likely N-dealkylation sites (N-methyl/N-ethyl adjacent to an activating group) is 1. The van der Waals surface area contributed by atoms with Crippen LogP contribution in [-0.4, -0.2) is 35.2 Å². The number of rotatable bonds is 2. The second kappa shape index (κ2) is 2.72. The highest BCUT2D eigenvalue weighted by Gasteiger charge is 2.31. The summed E-state index contributed by atoms with van der Waals surface area (Å²) < 4.78 is 0. The molecule has 0 aromatic rings. The topological polar surface area (TPSA) is 23.5 Å². The van der Waals surface area contributed by atoms with Crippen LogP contribution in [0.5, 0.6) is 0 Å². The minimum absolute atomic E-state index is 0.601. The molecular weight excluding hydrogens is 126 g/mol. The fraction of sp³-hybridized carbons (Fsp3) is 0.750. The molecule has 1 rings (SSSR count). The fourth-order valence-electron chi connectivity index (χ4n) is 1.33. The summed E-state index contributed by atoms with van der Waals surface area (Å²) in [6.45, 7) is 8.49. The van der Waals surface area contributed by atoms with E-state index in [1.165, 1.54) is 0 Å². The van der Waals surface area contributed by atoms with Gasteiger partial charge in [0.15, 0.2) is 0 Å². The van der Waals surface area contributed by atoms with E-state index in [1.807, 2.05) is 0 Å². The van der Waals surface area contributed by atoms with Gasteiger partial charge in [0.2, 0.25) is 0 Å². The quantitative estimate of drug-likeness (QED) is 0.570. The van der Waals surface area contributed by atoms with Crippen LogP contribution >= 0.6 is 0 Å². The van der Waals surface area contributed by atoms with Gasteiger partial charge >= 0.3 is 0 Å². The van der Waals surface area contributed by atoms with Crippen LogP contribution in [0.3, 0.4) is 0 Å². The molecule has 0 spiro atoms. The highest BCUT2D eigenvalue weighted by Crippen LogP contribution is 2.21. The normalized spacial score (nSPS) is 34.6. The van der Waals surface area contributed by atoms with Crippen molar-refractivity contribution < 1.29 is 5.11 Å². The summed E-state index contributed by atoms with van der Waals surface area (Å²) in [4.78, 5) is 2.22. The van der Waals surface area contributed by atoms with E-state index in [9.17, 15) is 5.11 Å². The summed E-state index contributed by atoms with van der Waals surface area (Å²) in [7, 11) is 0. The summed E-state index contributed by atoms with van der Waals surface area (Å²) in [6.07, 6.45) is 2.49. The number of aliphatic hydroxyl groups is 1. The standard InChI is InChI=1S/C8H15NO/c1-3-8(10)5-6-9(4-2)7-8/h3,10H,1,4-7H2,2H3. The maximum Gasteiger partial charge on any atom is 0.0963 e. The first-order valence-electron chi connectivity index (χ1n) is 3.78. The van der Waals surface area contributed by atoms with E-state index in [0.717, 1.165) is 26.1 Å². The molecule has 0 bridgehead atoms. The van der Waals surface area contributed by atoms with Crippen molar-refractivity contribution in [3.05, 3.63) is 12.7 Å². The molecule has 58 valence electrons. The van der Waals surface area contributed by atoms with Gasteiger partial charge in [0.1, 0.15) is 0 Å². The van der Waals surface area contributed by atoms with Crippen molar-refractivity contribution in [3.8, 4) is 0 Å². The molecule has 1 aliphatic rings. The van der Waals surface area contributed by atoms with Gasteiger partial charge in [-0.15, -0.1) is 6.58 Å². The number of likely N-dealkylation sites (tertiary alicyclic amines) is 1. The predicted octanol–water partition coefficient (Wildman–Crippen LogP) is 0.629. The molecule has 1 saturated heterocycles. The minimum atomic E-state index is -0.601. The van der Waals surface area contributed by atoms with Gasteiger partial charge in [-0.1, -0.05) is 13.0 Å². The maximum atomic E-state index is 9.64. The molecule has 1 unspecified atom stereocenters. The molecule has 0 aromatic heterocycles. The average Bonchev–Trinajstić information content (AvgIpc) is 2.33. The Morgan fingerprint density at radius 2 is 2.50 bits per heavy atom. The Hall–Kier alpha value is -0.340. The van der Waals surface area contributed by atoms with Gasteiger partial charge in [-0.05, 0) is 13.0 Å². The van der Waals surface area contributed by atoms with Gasteiger partial charge < -0.3 is 10.0 Å². The molecule has 10 heavy (non-hydrogen) atoms. The summed E-state index contributed by atoms with van der Waals surface area (Å²) in [5.74, 6) is 0. The Morgan fingerprint density at radius 3 is 2.80 bits per heavy atom. The van der Waals surface area contributed by atoms with E-state index < -0.39 is 5.60 Å². The molecule has 1 aliphatic heterocycles. The van der Waals surface area contributed by atoms with Crippen LogP contribution in [0.1, 0.15) is 13.3 Å². The van der Waals surface area contributed by atoms with Crippen molar-refractivity contribution in [2.45, 2.75) is 18.9 Å². The van der Waals surface area contributed by atoms with Gasteiger partial charge in [-0.2, -0.15) is 0 Å². The van der Waals surface area contributed by atoms with Gasteiger partial charge in [-0.3, -0.25) is 0 Å². The van der Waals surface area contributed by atoms with E-state index in [2.05, 4.69) is 18.4 Å². The Labute approximate surface area is 62.2 Å². The fourth-order valence-corrected chi connectivity index (χ4v) is 1.33. The van der Waals surface area contributed by atoms with Crippen molar-refractivity contribution in [2.75, 3.05) is 19.6 Å². The smallest absolute Gasteiger partial charge is 0.0963 e. The molecule has 2 heteroatoms. The molecule has 0 amide bonds. The van der Waals surface area contributed by atoms with E-state index in [1.54, 1.807) is 6.08 Å². The number of hydrogen-bond donors (Lipinski definition) is 1. The van der Waals surface area contributed by atoms with Crippen LogP contribution in [0.2, 0.25) is 0 Å². The lowest BCUT2D eigenvalue weighted by Gasteiger charge is -2.17. The SMILES string of the molecule is C=CC1(O)CCN(CC)C1. The first kappa shape index (κ1) is 7.76. The Balaban J connectivity index is 2.48. The molecule has 1 heterocycles. The Bertz CT molecular complexity index is 135. The van der Waals surface area contributed by atoms with Gasteiger partial charge in [0.25, 0.3) is 0 Å². The Kier molecular flexibility index (Phi) is 2.11. The van der Waals surface area contributed by atoms with Crippen molar-refractivity contribution in [1.82, 2.24) is 4.90 Å². The van der Waals surface area contributed by atoms with E-state index in [0.29, 0.717) is 0 Å². The van der Waals surface area contributed by atoms with E-state index >= 15 is 0 Å². The Morgan fingerprint density at radius 1 is 1.80 bits per heavy atom. The van der Waals surface area contributed by atoms with Crippen LogP contribution in [0.15, 0.2) is 12.7 Å². The molecule has 0 aromatic carbocycles. The molecule has 1 atom stereocenters. The molecule has 0 aliphatic carbocycles. The molecule has 2 nitrogen and oxygen atoms in total. The summed E-state index contributed by atoms with van der Waals surface area (Å²) >= 11 is 0.